The fraction of sp³-hybridized carbons (Fsp3) is 0.0833. The molecule has 0 atom stereocenters. The number of hydrogen-bond acceptors (Lipinski definition) is 2. The largest absolute Gasteiger partial charge is 0.416 e. The van der Waals surface area contributed by atoms with Gasteiger partial charge in [0.1, 0.15) is 10.9 Å². The molecule has 0 bridgehead atoms. The van der Waals surface area contributed by atoms with Gasteiger partial charge >= 0.3 is 6.18 Å². The molecule has 86 valence electrons. The van der Waals surface area contributed by atoms with Crippen molar-refractivity contribution in [3.8, 4) is 16.5 Å². The summed E-state index contributed by atoms with van der Waals surface area (Å²) in [5.41, 5.74) is 0.0165. The molecule has 1 aromatic carbocycles. The first-order valence-corrected chi connectivity index (χ1v) is 5.50. The van der Waals surface area contributed by atoms with Crippen molar-refractivity contribution in [2.75, 3.05) is 0 Å². The summed E-state index contributed by atoms with van der Waals surface area (Å²) in [6.07, 6.45) is -4.31. The Kier molecular flexibility index (Phi) is 2.90. The maximum absolute atomic E-state index is 12.3. The van der Waals surface area contributed by atoms with E-state index in [2.05, 4.69) is 0 Å². The zero-order valence-electron chi connectivity index (χ0n) is 8.45. The van der Waals surface area contributed by atoms with Crippen LogP contribution in [0.4, 0.5) is 13.2 Å². The number of hydrogen-bond donors (Lipinski definition) is 0. The molecule has 17 heavy (non-hydrogen) atoms. The monoisotopic (exact) mass is 253 g/mol. The summed E-state index contributed by atoms with van der Waals surface area (Å²) in [7, 11) is 0. The molecule has 2 rings (SSSR count). The Labute approximate surface area is 99.7 Å². The van der Waals surface area contributed by atoms with Crippen molar-refractivity contribution in [1.29, 1.82) is 5.26 Å². The van der Waals surface area contributed by atoms with Gasteiger partial charge in [0.25, 0.3) is 0 Å². The standard InChI is InChI=1S/C12H6F3NS/c13-12(14,15)9-3-1-8(2-4-9)11-6-5-10(7-16)17-11/h1-6H. The molecule has 0 aliphatic rings. The summed E-state index contributed by atoms with van der Waals surface area (Å²) in [6, 6.07) is 10.3. The van der Waals surface area contributed by atoms with Crippen LogP contribution >= 0.6 is 11.3 Å². The van der Waals surface area contributed by atoms with E-state index < -0.39 is 11.7 Å². The molecular formula is C12H6F3NS. The summed E-state index contributed by atoms with van der Waals surface area (Å²) in [5.74, 6) is 0. The summed E-state index contributed by atoms with van der Waals surface area (Å²) < 4.78 is 37.0. The normalized spacial score (nSPS) is 11.2. The third-order valence-corrected chi connectivity index (χ3v) is 3.25. The zero-order chi connectivity index (χ0) is 12.5. The Balaban J connectivity index is 2.33. The van der Waals surface area contributed by atoms with Crippen LogP contribution in [0.15, 0.2) is 36.4 Å². The maximum atomic E-state index is 12.3. The lowest BCUT2D eigenvalue weighted by molar-refractivity contribution is -0.137. The molecule has 0 saturated heterocycles. The molecule has 0 aliphatic heterocycles. The molecule has 0 radical (unpaired) electrons. The third kappa shape index (κ3) is 2.48. The number of thiophene rings is 1. The highest BCUT2D eigenvalue weighted by Gasteiger charge is 2.29. The molecule has 0 saturated carbocycles. The summed E-state index contributed by atoms with van der Waals surface area (Å²) in [6.45, 7) is 0. The van der Waals surface area contributed by atoms with Gasteiger partial charge in [-0.15, -0.1) is 11.3 Å². The van der Waals surface area contributed by atoms with E-state index in [0.29, 0.717) is 10.4 Å². The van der Waals surface area contributed by atoms with Gasteiger partial charge in [-0.05, 0) is 29.8 Å². The van der Waals surface area contributed by atoms with Crippen molar-refractivity contribution in [3.63, 3.8) is 0 Å². The highest BCUT2D eigenvalue weighted by atomic mass is 32.1. The number of nitriles is 1. The predicted molar refractivity (Wildman–Crippen MR) is 59.5 cm³/mol. The van der Waals surface area contributed by atoms with Gasteiger partial charge in [0, 0.05) is 4.88 Å². The van der Waals surface area contributed by atoms with Crippen LogP contribution in [-0.4, -0.2) is 0 Å². The first kappa shape index (κ1) is 11.7. The minimum absolute atomic E-state index is 0.542. The van der Waals surface area contributed by atoms with Crippen LogP contribution in [0.2, 0.25) is 0 Å². The van der Waals surface area contributed by atoms with E-state index >= 15 is 0 Å². The molecule has 0 amide bonds. The first-order chi connectivity index (χ1) is 8.00. The van der Waals surface area contributed by atoms with Crippen molar-refractivity contribution in [2.45, 2.75) is 6.18 Å². The molecule has 0 unspecified atom stereocenters. The van der Waals surface area contributed by atoms with Crippen molar-refractivity contribution >= 4 is 11.3 Å². The van der Waals surface area contributed by atoms with Gasteiger partial charge in [0.2, 0.25) is 0 Å². The second kappa shape index (κ2) is 4.22. The fourth-order valence-corrected chi connectivity index (χ4v) is 2.19. The van der Waals surface area contributed by atoms with Gasteiger partial charge in [-0.2, -0.15) is 18.4 Å². The second-order valence-electron chi connectivity index (χ2n) is 3.35. The van der Waals surface area contributed by atoms with Crippen LogP contribution in [0.1, 0.15) is 10.4 Å². The molecule has 1 aromatic heterocycles. The molecule has 0 fully saturated rings. The minimum atomic E-state index is -4.31. The van der Waals surface area contributed by atoms with Gasteiger partial charge in [-0.25, -0.2) is 0 Å². The van der Waals surface area contributed by atoms with Gasteiger partial charge in [-0.1, -0.05) is 12.1 Å². The number of benzene rings is 1. The van der Waals surface area contributed by atoms with E-state index in [1.54, 1.807) is 12.1 Å². The van der Waals surface area contributed by atoms with E-state index in [9.17, 15) is 13.2 Å². The van der Waals surface area contributed by atoms with E-state index in [1.807, 2.05) is 6.07 Å². The molecule has 1 nitrogen and oxygen atoms in total. The third-order valence-electron chi connectivity index (χ3n) is 2.21. The van der Waals surface area contributed by atoms with Gasteiger partial charge in [0.15, 0.2) is 0 Å². The number of rotatable bonds is 1. The van der Waals surface area contributed by atoms with E-state index in [4.69, 9.17) is 5.26 Å². The Morgan fingerprint density at radius 1 is 1.00 bits per heavy atom. The molecule has 1 heterocycles. The summed E-state index contributed by atoms with van der Waals surface area (Å²) in [4.78, 5) is 1.33. The van der Waals surface area contributed by atoms with Crippen LogP contribution in [0, 0.1) is 11.3 Å². The number of halogens is 3. The van der Waals surface area contributed by atoms with Crippen molar-refractivity contribution in [3.05, 3.63) is 46.8 Å². The first-order valence-electron chi connectivity index (χ1n) is 4.68. The van der Waals surface area contributed by atoms with Crippen LogP contribution in [0.25, 0.3) is 10.4 Å². The highest BCUT2D eigenvalue weighted by molar-refractivity contribution is 7.16. The van der Waals surface area contributed by atoms with Crippen molar-refractivity contribution in [1.82, 2.24) is 0 Å². The van der Waals surface area contributed by atoms with Crippen LogP contribution in [0.3, 0.4) is 0 Å². The Bertz CT molecular complexity index is 561. The van der Waals surface area contributed by atoms with E-state index in [-0.39, 0.29) is 0 Å². The number of alkyl halides is 3. The van der Waals surface area contributed by atoms with Gasteiger partial charge in [-0.3, -0.25) is 0 Å². The average molecular weight is 253 g/mol. The lowest BCUT2D eigenvalue weighted by Crippen LogP contribution is -2.03. The summed E-state index contributed by atoms with van der Waals surface area (Å²) >= 11 is 1.26. The minimum Gasteiger partial charge on any atom is -0.192 e. The highest BCUT2D eigenvalue weighted by Crippen LogP contribution is 2.32. The van der Waals surface area contributed by atoms with Gasteiger partial charge < -0.3 is 0 Å². The zero-order valence-corrected chi connectivity index (χ0v) is 9.27. The van der Waals surface area contributed by atoms with E-state index in [1.165, 1.54) is 23.5 Å². The maximum Gasteiger partial charge on any atom is 0.416 e. The van der Waals surface area contributed by atoms with Crippen molar-refractivity contribution in [2.24, 2.45) is 0 Å². The lowest BCUT2D eigenvalue weighted by Gasteiger charge is -2.06. The predicted octanol–water partition coefficient (Wildman–Crippen LogP) is 4.31. The topological polar surface area (TPSA) is 23.8 Å². The van der Waals surface area contributed by atoms with Crippen LogP contribution in [-0.2, 0) is 6.18 Å². The fourth-order valence-electron chi connectivity index (χ4n) is 1.38. The lowest BCUT2D eigenvalue weighted by atomic mass is 10.1. The van der Waals surface area contributed by atoms with Crippen molar-refractivity contribution < 1.29 is 13.2 Å². The summed E-state index contributed by atoms with van der Waals surface area (Å²) in [5, 5.41) is 8.66. The Hall–Kier alpha value is -1.80. The quantitative estimate of drug-likeness (QED) is 0.743. The number of nitrogens with zero attached hydrogens (tertiary/aromatic N) is 1. The Morgan fingerprint density at radius 3 is 2.12 bits per heavy atom. The molecular weight excluding hydrogens is 247 g/mol. The Morgan fingerprint density at radius 2 is 1.65 bits per heavy atom. The molecule has 0 N–H and O–H groups in total. The van der Waals surface area contributed by atoms with Crippen LogP contribution < -0.4 is 0 Å². The molecule has 5 heteroatoms. The second-order valence-corrected chi connectivity index (χ2v) is 4.43. The van der Waals surface area contributed by atoms with E-state index in [0.717, 1.165) is 17.0 Å². The average Bonchev–Trinajstić information content (AvgIpc) is 2.76. The molecule has 0 spiro atoms. The van der Waals surface area contributed by atoms with Gasteiger partial charge in [0.05, 0.1) is 5.56 Å². The SMILES string of the molecule is N#Cc1ccc(-c2ccc(C(F)(F)F)cc2)s1. The smallest absolute Gasteiger partial charge is 0.192 e. The molecule has 2 aromatic rings. The van der Waals surface area contributed by atoms with Crippen LogP contribution in [0.5, 0.6) is 0 Å². The molecule has 0 aliphatic carbocycles.